The first-order chi connectivity index (χ1) is 7.18. The molecule has 0 saturated heterocycles. The Morgan fingerprint density at radius 2 is 1.80 bits per heavy atom. The Balaban J connectivity index is 2.69. The Labute approximate surface area is 87.8 Å². The van der Waals surface area contributed by atoms with Crippen molar-refractivity contribution in [2.24, 2.45) is 0 Å². The lowest BCUT2D eigenvalue weighted by atomic mass is 10.0. The summed E-state index contributed by atoms with van der Waals surface area (Å²) in [5, 5.41) is 0. The minimum absolute atomic E-state index is 0.123. The van der Waals surface area contributed by atoms with E-state index in [1.54, 1.807) is 0 Å². The minimum atomic E-state index is -0.123. The molecule has 0 unspecified atom stereocenters. The summed E-state index contributed by atoms with van der Waals surface area (Å²) in [6.45, 7) is 4.02. The van der Waals surface area contributed by atoms with E-state index in [1.165, 1.54) is 12.3 Å². The quantitative estimate of drug-likeness (QED) is 0.765. The Hall–Kier alpha value is -1.90. The number of hydrogen-bond acceptors (Lipinski definition) is 2. The molecule has 0 bridgehead atoms. The molecule has 3 heteroatoms. The maximum absolute atomic E-state index is 11.2. The summed E-state index contributed by atoms with van der Waals surface area (Å²) in [4.78, 5) is 18.1. The van der Waals surface area contributed by atoms with Crippen LogP contribution in [0, 0.1) is 13.8 Å². The molecule has 0 atom stereocenters. The number of H-pyrrole nitrogens is 1. The van der Waals surface area contributed by atoms with Gasteiger partial charge in [-0.3, -0.25) is 4.79 Å². The number of aryl methyl sites for hydroxylation is 2. The number of rotatable bonds is 1. The fourth-order valence-corrected chi connectivity index (χ4v) is 1.69. The van der Waals surface area contributed by atoms with Crippen molar-refractivity contribution < 1.29 is 0 Å². The highest BCUT2D eigenvalue weighted by atomic mass is 16.1. The van der Waals surface area contributed by atoms with E-state index in [4.69, 9.17) is 0 Å². The molecule has 76 valence electrons. The fourth-order valence-electron chi connectivity index (χ4n) is 1.69. The van der Waals surface area contributed by atoms with Crippen LogP contribution < -0.4 is 5.56 Å². The van der Waals surface area contributed by atoms with Crippen LogP contribution in [0.1, 0.15) is 11.1 Å². The number of aromatic nitrogens is 2. The molecule has 0 aliphatic heterocycles. The summed E-state index contributed by atoms with van der Waals surface area (Å²) in [5.41, 5.74) is 3.12. The second-order valence-electron chi connectivity index (χ2n) is 3.55. The fraction of sp³-hybridized carbons (Fsp3) is 0.167. The van der Waals surface area contributed by atoms with E-state index in [-0.39, 0.29) is 5.56 Å². The molecule has 2 aromatic rings. The van der Waals surface area contributed by atoms with Crippen LogP contribution in [0.5, 0.6) is 0 Å². The third-order valence-electron chi connectivity index (χ3n) is 2.39. The van der Waals surface area contributed by atoms with Crippen LogP contribution in [0.15, 0.2) is 35.3 Å². The summed E-state index contributed by atoms with van der Waals surface area (Å²) in [6, 6.07) is 7.43. The van der Waals surface area contributed by atoms with Gasteiger partial charge in [-0.05, 0) is 25.0 Å². The van der Waals surface area contributed by atoms with Gasteiger partial charge in [-0.2, -0.15) is 0 Å². The molecule has 0 spiro atoms. The van der Waals surface area contributed by atoms with Gasteiger partial charge in [0.1, 0.15) is 5.82 Å². The normalized spacial score (nSPS) is 10.3. The topological polar surface area (TPSA) is 45.8 Å². The van der Waals surface area contributed by atoms with Crippen LogP contribution in [0.2, 0.25) is 0 Å². The molecule has 1 N–H and O–H groups in total. The predicted molar refractivity (Wildman–Crippen MR) is 59.8 cm³/mol. The van der Waals surface area contributed by atoms with Gasteiger partial charge in [-0.25, -0.2) is 4.98 Å². The SMILES string of the molecule is Cc1cccc(C)c1-c1nccc(=O)[nH]1. The van der Waals surface area contributed by atoms with Crippen molar-refractivity contribution in [3.8, 4) is 11.4 Å². The van der Waals surface area contributed by atoms with Crippen molar-refractivity contribution in [2.75, 3.05) is 0 Å². The number of hydrogen-bond donors (Lipinski definition) is 1. The zero-order valence-electron chi connectivity index (χ0n) is 8.74. The number of nitrogens with one attached hydrogen (secondary N) is 1. The van der Waals surface area contributed by atoms with Gasteiger partial charge in [0, 0.05) is 17.8 Å². The van der Waals surface area contributed by atoms with Crippen LogP contribution in [0.25, 0.3) is 11.4 Å². The van der Waals surface area contributed by atoms with Gasteiger partial charge < -0.3 is 4.98 Å². The van der Waals surface area contributed by atoms with Crippen LogP contribution in [-0.2, 0) is 0 Å². The smallest absolute Gasteiger partial charge is 0.251 e. The Morgan fingerprint density at radius 3 is 2.40 bits per heavy atom. The van der Waals surface area contributed by atoms with E-state index in [9.17, 15) is 4.79 Å². The molecule has 0 aliphatic rings. The van der Waals surface area contributed by atoms with Gasteiger partial charge in [0.2, 0.25) is 0 Å². The number of benzene rings is 1. The van der Waals surface area contributed by atoms with Gasteiger partial charge in [-0.1, -0.05) is 18.2 Å². The molecular weight excluding hydrogens is 188 g/mol. The van der Waals surface area contributed by atoms with Crippen molar-refractivity contribution in [3.05, 3.63) is 51.9 Å². The summed E-state index contributed by atoms with van der Waals surface area (Å²) in [7, 11) is 0. The molecule has 1 aromatic heterocycles. The van der Waals surface area contributed by atoms with Crippen LogP contribution >= 0.6 is 0 Å². The monoisotopic (exact) mass is 200 g/mol. The predicted octanol–water partition coefficient (Wildman–Crippen LogP) is 2.05. The zero-order valence-corrected chi connectivity index (χ0v) is 8.74. The molecule has 3 nitrogen and oxygen atoms in total. The molecular formula is C12H12N2O. The first-order valence-corrected chi connectivity index (χ1v) is 4.80. The summed E-state index contributed by atoms with van der Waals surface area (Å²) >= 11 is 0. The molecule has 1 heterocycles. The molecule has 0 amide bonds. The Kier molecular flexibility index (Phi) is 2.37. The average Bonchev–Trinajstić information content (AvgIpc) is 2.17. The van der Waals surface area contributed by atoms with Crippen molar-refractivity contribution in [3.63, 3.8) is 0 Å². The van der Waals surface area contributed by atoms with Gasteiger partial charge >= 0.3 is 0 Å². The van der Waals surface area contributed by atoms with Crippen molar-refractivity contribution >= 4 is 0 Å². The van der Waals surface area contributed by atoms with Gasteiger partial charge in [0.25, 0.3) is 5.56 Å². The van der Waals surface area contributed by atoms with E-state index in [0.717, 1.165) is 16.7 Å². The first-order valence-electron chi connectivity index (χ1n) is 4.80. The number of nitrogens with zero attached hydrogens (tertiary/aromatic N) is 1. The molecule has 2 rings (SSSR count). The Bertz CT molecular complexity index is 523. The second kappa shape index (κ2) is 3.69. The van der Waals surface area contributed by atoms with E-state index in [1.807, 2.05) is 32.0 Å². The molecule has 0 fully saturated rings. The minimum Gasteiger partial charge on any atom is -0.307 e. The van der Waals surface area contributed by atoms with Gasteiger partial charge in [0.05, 0.1) is 0 Å². The third-order valence-corrected chi connectivity index (χ3v) is 2.39. The average molecular weight is 200 g/mol. The van der Waals surface area contributed by atoms with Crippen molar-refractivity contribution in [2.45, 2.75) is 13.8 Å². The van der Waals surface area contributed by atoms with Crippen LogP contribution in [-0.4, -0.2) is 9.97 Å². The number of aromatic amines is 1. The summed E-state index contributed by atoms with van der Waals surface area (Å²) in [6.07, 6.45) is 1.53. The largest absolute Gasteiger partial charge is 0.307 e. The zero-order chi connectivity index (χ0) is 10.8. The van der Waals surface area contributed by atoms with E-state index in [0.29, 0.717) is 5.82 Å². The summed E-state index contributed by atoms with van der Waals surface area (Å²) in [5.74, 6) is 0.637. The van der Waals surface area contributed by atoms with Crippen molar-refractivity contribution in [1.29, 1.82) is 0 Å². The molecule has 0 radical (unpaired) electrons. The lowest BCUT2D eigenvalue weighted by molar-refractivity contribution is 1.11. The molecule has 1 aromatic carbocycles. The van der Waals surface area contributed by atoms with E-state index < -0.39 is 0 Å². The van der Waals surface area contributed by atoms with Crippen molar-refractivity contribution in [1.82, 2.24) is 9.97 Å². The molecule has 0 aliphatic carbocycles. The third kappa shape index (κ3) is 1.81. The highest BCUT2D eigenvalue weighted by molar-refractivity contribution is 5.63. The van der Waals surface area contributed by atoms with Gasteiger partial charge in [0.15, 0.2) is 0 Å². The lowest BCUT2D eigenvalue weighted by Crippen LogP contribution is -2.07. The first kappa shape index (κ1) is 9.65. The molecule has 15 heavy (non-hydrogen) atoms. The maximum atomic E-state index is 11.2. The highest BCUT2D eigenvalue weighted by Crippen LogP contribution is 2.22. The summed E-state index contributed by atoms with van der Waals surface area (Å²) < 4.78 is 0. The van der Waals surface area contributed by atoms with Crippen LogP contribution in [0.3, 0.4) is 0 Å². The van der Waals surface area contributed by atoms with Crippen LogP contribution in [0.4, 0.5) is 0 Å². The Morgan fingerprint density at radius 1 is 1.13 bits per heavy atom. The van der Waals surface area contributed by atoms with E-state index in [2.05, 4.69) is 9.97 Å². The standard InChI is InChI=1S/C12H12N2O/c1-8-4-3-5-9(2)11(8)12-13-7-6-10(15)14-12/h3-7H,1-2H3,(H,13,14,15). The van der Waals surface area contributed by atoms with E-state index >= 15 is 0 Å². The highest BCUT2D eigenvalue weighted by Gasteiger charge is 2.06. The lowest BCUT2D eigenvalue weighted by Gasteiger charge is -2.07. The molecule has 0 saturated carbocycles. The van der Waals surface area contributed by atoms with Gasteiger partial charge in [-0.15, -0.1) is 0 Å². The second-order valence-corrected chi connectivity index (χ2v) is 3.55. The maximum Gasteiger partial charge on any atom is 0.251 e.